The minimum Gasteiger partial charge on any atom is -0.446 e. The summed E-state index contributed by atoms with van der Waals surface area (Å²) in [5.74, 6) is 0. The van der Waals surface area contributed by atoms with E-state index >= 15 is 0 Å². The SMILES string of the molecule is CC(C)(C)OC(=O)NC1CCC(OC(N)=O)CC1. The van der Waals surface area contributed by atoms with Crippen molar-refractivity contribution in [2.45, 2.75) is 64.2 Å². The molecule has 18 heavy (non-hydrogen) atoms. The Balaban J connectivity index is 2.27. The van der Waals surface area contributed by atoms with Gasteiger partial charge in [0.15, 0.2) is 0 Å². The van der Waals surface area contributed by atoms with Gasteiger partial charge in [0.05, 0.1) is 0 Å². The van der Waals surface area contributed by atoms with Crippen molar-refractivity contribution in [3.8, 4) is 0 Å². The van der Waals surface area contributed by atoms with Gasteiger partial charge >= 0.3 is 12.2 Å². The van der Waals surface area contributed by atoms with E-state index in [1.165, 1.54) is 0 Å². The van der Waals surface area contributed by atoms with Crippen LogP contribution in [0.5, 0.6) is 0 Å². The molecule has 1 fully saturated rings. The molecule has 0 heterocycles. The predicted molar refractivity (Wildman–Crippen MR) is 66.1 cm³/mol. The number of amides is 2. The fraction of sp³-hybridized carbons (Fsp3) is 0.833. The number of nitrogens with one attached hydrogen (secondary N) is 1. The number of ether oxygens (including phenoxy) is 2. The van der Waals surface area contributed by atoms with Crippen LogP contribution in [0.1, 0.15) is 46.5 Å². The largest absolute Gasteiger partial charge is 0.446 e. The zero-order valence-corrected chi connectivity index (χ0v) is 11.2. The summed E-state index contributed by atoms with van der Waals surface area (Å²) in [6, 6.07) is 0.0765. The second-order valence-electron chi connectivity index (χ2n) is 5.56. The Bertz CT molecular complexity index is 304. The topological polar surface area (TPSA) is 90.7 Å². The zero-order chi connectivity index (χ0) is 13.8. The molecular formula is C12H22N2O4. The van der Waals surface area contributed by atoms with E-state index in [2.05, 4.69) is 5.32 Å². The Kier molecular flexibility index (Phi) is 4.81. The summed E-state index contributed by atoms with van der Waals surface area (Å²) in [4.78, 5) is 22.1. The van der Waals surface area contributed by atoms with Crippen molar-refractivity contribution < 1.29 is 19.1 Å². The van der Waals surface area contributed by atoms with Crippen molar-refractivity contribution in [2.24, 2.45) is 5.73 Å². The Hall–Kier alpha value is -1.46. The Morgan fingerprint density at radius 2 is 1.72 bits per heavy atom. The molecule has 3 N–H and O–H groups in total. The van der Waals surface area contributed by atoms with Crippen LogP contribution < -0.4 is 11.1 Å². The molecule has 6 nitrogen and oxygen atoms in total. The fourth-order valence-electron chi connectivity index (χ4n) is 1.96. The molecule has 1 saturated carbocycles. The van der Waals surface area contributed by atoms with Gasteiger partial charge in [-0.05, 0) is 46.5 Å². The van der Waals surface area contributed by atoms with Crippen LogP contribution in [0.15, 0.2) is 0 Å². The van der Waals surface area contributed by atoms with Crippen molar-refractivity contribution in [2.75, 3.05) is 0 Å². The number of carbonyl (C=O) groups excluding carboxylic acids is 2. The maximum absolute atomic E-state index is 11.5. The minimum absolute atomic E-state index is 0.0765. The molecule has 0 saturated heterocycles. The van der Waals surface area contributed by atoms with E-state index in [0.717, 1.165) is 12.8 Å². The molecule has 1 aliphatic rings. The maximum atomic E-state index is 11.5. The van der Waals surface area contributed by atoms with Gasteiger partial charge in [-0.15, -0.1) is 0 Å². The zero-order valence-electron chi connectivity index (χ0n) is 11.2. The molecule has 0 bridgehead atoms. The van der Waals surface area contributed by atoms with Crippen molar-refractivity contribution in [3.05, 3.63) is 0 Å². The molecule has 1 aliphatic carbocycles. The summed E-state index contributed by atoms with van der Waals surface area (Å²) in [6.07, 6.45) is 1.68. The molecule has 0 aromatic carbocycles. The van der Waals surface area contributed by atoms with Gasteiger partial charge in [-0.25, -0.2) is 9.59 Å². The number of primary amides is 1. The monoisotopic (exact) mass is 258 g/mol. The second-order valence-corrected chi connectivity index (χ2v) is 5.56. The van der Waals surface area contributed by atoms with E-state index in [0.29, 0.717) is 12.8 Å². The molecule has 1 rings (SSSR count). The van der Waals surface area contributed by atoms with Crippen molar-refractivity contribution >= 4 is 12.2 Å². The number of carbonyl (C=O) groups is 2. The molecule has 0 unspecified atom stereocenters. The lowest BCUT2D eigenvalue weighted by molar-refractivity contribution is 0.0436. The Morgan fingerprint density at radius 1 is 1.17 bits per heavy atom. The van der Waals surface area contributed by atoms with Crippen LogP contribution in [0.25, 0.3) is 0 Å². The third-order valence-corrected chi connectivity index (χ3v) is 2.68. The maximum Gasteiger partial charge on any atom is 0.407 e. The van der Waals surface area contributed by atoms with Crippen molar-refractivity contribution in [1.82, 2.24) is 5.32 Å². The van der Waals surface area contributed by atoms with Crippen LogP contribution in [0, 0.1) is 0 Å². The Labute approximate surface area is 107 Å². The third-order valence-electron chi connectivity index (χ3n) is 2.68. The van der Waals surface area contributed by atoms with Crippen LogP contribution >= 0.6 is 0 Å². The van der Waals surface area contributed by atoms with E-state index in [9.17, 15) is 9.59 Å². The van der Waals surface area contributed by atoms with Gasteiger partial charge in [-0.2, -0.15) is 0 Å². The average molecular weight is 258 g/mol. The molecule has 0 aliphatic heterocycles. The Morgan fingerprint density at radius 3 is 2.17 bits per heavy atom. The van der Waals surface area contributed by atoms with Crippen LogP contribution in [0.3, 0.4) is 0 Å². The first-order chi connectivity index (χ1) is 8.26. The lowest BCUT2D eigenvalue weighted by atomic mass is 9.93. The highest BCUT2D eigenvalue weighted by Crippen LogP contribution is 2.21. The van der Waals surface area contributed by atoms with Crippen LogP contribution in [-0.4, -0.2) is 29.9 Å². The summed E-state index contributed by atoms with van der Waals surface area (Å²) < 4.78 is 10.1. The molecule has 104 valence electrons. The van der Waals surface area contributed by atoms with E-state index in [1.807, 2.05) is 20.8 Å². The first kappa shape index (κ1) is 14.6. The number of hydrogen-bond acceptors (Lipinski definition) is 4. The van der Waals surface area contributed by atoms with Gasteiger partial charge in [0.1, 0.15) is 11.7 Å². The summed E-state index contributed by atoms with van der Waals surface area (Å²) >= 11 is 0. The van der Waals surface area contributed by atoms with Gasteiger partial charge in [0, 0.05) is 6.04 Å². The van der Waals surface area contributed by atoms with Crippen molar-refractivity contribution in [1.29, 1.82) is 0 Å². The van der Waals surface area contributed by atoms with Gasteiger partial charge < -0.3 is 20.5 Å². The fourth-order valence-corrected chi connectivity index (χ4v) is 1.96. The summed E-state index contributed by atoms with van der Waals surface area (Å²) in [7, 11) is 0. The third kappa shape index (κ3) is 5.75. The lowest BCUT2D eigenvalue weighted by Crippen LogP contribution is -2.42. The number of rotatable bonds is 2. The highest BCUT2D eigenvalue weighted by atomic mass is 16.6. The molecule has 2 amide bonds. The first-order valence-electron chi connectivity index (χ1n) is 6.22. The molecular weight excluding hydrogens is 236 g/mol. The average Bonchev–Trinajstić information content (AvgIpc) is 2.17. The van der Waals surface area contributed by atoms with Gasteiger partial charge in [-0.1, -0.05) is 0 Å². The second kappa shape index (κ2) is 5.93. The minimum atomic E-state index is -0.737. The summed E-state index contributed by atoms with van der Waals surface area (Å²) in [5.41, 5.74) is 4.47. The van der Waals surface area contributed by atoms with E-state index in [4.69, 9.17) is 15.2 Å². The number of hydrogen-bond donors (Lipinski definition) is 2. The number of alkyl carbamates (subject to hydrolysis) is 1. The molecule has 0 spiro atoms. The molecule has 0 radical (unpaired) electrons. The normalized spacial score (nSPS) is 24.2. The van der Waals surface area contributed by atoms with Gasteiger partial charge in [0.2, 0.25) is 0 Å². The quantitative estimate of drug-likeness (QED) is 0.791. The van der Waals surface area contributed by atoms with E-state index in [1.54, 1.807) is 0 Å². The van der Waals surface area contributed by atoms with E-state index < -0.39 is 17.8 Å². The van der Waals surface area contributed by atoms with Gasteiger partial charge in [0.25, 0.3) is 0 Å². The van der Waals surface area contributed by atoms with Crippen LogP contribution in [0.2, 0.25) is 0 Å². The number of nitrogens with two attached hydrogens (primary N) is 1. The molecule has 6 heteroatoms. The standard InChI is InChI=1S/C12H22N2O4/c1-12(2,3)18-11(16)14-8-4-6-9(7-5-8)17-10(13)15/h8-9H,4-7H2,1-3H3,(H2,13,15)(H,14,16). The molecule has 0 aromatic rings. The first-order valence-corrected chi connectivity index (χ1v) is 6.22. The van der Waals surface area contributed by atoms with Crippen LogP contribution in [-0.2, 0) is 9.47 Å². The lowest BCUT2D eigenvalue weighted by Gasteiger charge is -2.29. The summed E-state index contributed by atoms with van der Waals surface area (Å²) in [6.45, 7) is 5.47. The highest BCUT2D eigenvalue weighted by Gasteiger charge is 2.26. The predicted octanol–water partition coefficient (Wildman–Crippen LogP) is 1.92. The van der Waals surface area contributed by atoms with Crippen LogP contribution in [0.4, 0.5) is 9.59 Å². The van der Waals surface area contributed by atoms with Crippen molar-refractivity contribution in [3.63, 3.8) is 0 Å². The summed E-state index contributed by atoms with van der Waals surface area (Å²) in [5, 5.41) is 2.82. The smallest absolute Gasteiger partial charge is 0.407 e. The van der Waals surface area contributed by atoms with E-state index in [-0.39, 0.29) is 12.1 Å². The van der Waals surface area contributed by atoms with Gasteiger partial charge in [-0.3, -0.25) is 0 Å². The molecule has 0 atom stereocenters. The highest BCUT2D eigenvalue weighted by molar-refractivity contribution is 5.68. The molecule has 0 aromatic heterocycles.